The molecule has 0 radical (unpaired) electrons. The Kier molecular flexibility index (Phi) is 7.09. The first-order chi connectivity index (χ1) is 13.6. The number of amides is 1. The van der Waals surface area contributed by atoms with E-state index in [-0.39, 0.29) is 0 Å². The van der Waals surface area contributed by atoms with Crippen LogP contribution in [0.2, 0.25) is 0 Å². The Morgan fingerprint density at radius 1 is 1.43 bits per heavy atom. The molecule has 3 rings (SSSR count). The predicted octanol–water partition coefficient (Wildman–Crippen LogP) is 5.06. The average molecular weight is 385 g/mol. The van der Waals surface area contributed by atoms with Crippen LogP contribution in [0.3, 0.4) is 0 Å². The van der Waals surface area contributed by atoms with Gasteiger partial charge in [-0.2, -0.15) is 0 Å². The summed E-state index contributed by atoms with van der Waals surface area (Å²) in [5, 5.41) is 2.74. The second-order valence-corrected chi connectivity index (χ2v) is 7.52. The number of piperidine rings is 1. The number of pyridine rings is 1. The Balaban J connectivity index is 1.65. The zero-order chi connectivity index (χ0) is 19.9. The van der Waals surface area contributed by atoms with Gasteiger partial charge in [0.25, 0.3) is 0 Å². The van der Waals surface area contributed by atoms with E-state index in [9.17, 15) is 4.79 Å². The minimum atomic E-state index is -0.463. The van der Waals surface area contributed by atoms with Crippen molar-refractivity contribution in [3.05, 3.63) is 36.0 Å². The lowest BCUT2D eigenvalue weighted by Gasteiger charge is -2.35. The van der Waals surface area contributed by atoms with Crippen LogP contribution < -0.4 is 5.32 Å². The van der Waals surface area contributed by atoms with E-state index >= 15 is 0 Å². The third-order valence-corrected chi connectivity index (χ3v) is 5.72. The zero-order valence-electron chi connectivity index (χ0n) is 17.2. The van der Waals surface area contributed by atoms with Crippen molar-refractivity contribution in [1.29, 1.82) is 0 Å². The van der Waals surface area contributed by atoms with Crippen molar-refractivity contribution in [3.63, 3.8) is 0 Å². The van der Waals surface area contributed by atoms with Gasteiger partial charge >= 0.3 is 6.09 Å². The highest BCUT2D eigenvalue weighted by Gasteiger charge is 2.25. The highest BCUT2D eigenvalue weighted by atomic mass is 16.5. The highest BCUT2D eigenvalue weighted by Crippen LogP contribution is 2.33. The first kappa shape index (κ1) is 20.4. The van der Waals surface area contributed by atoms with Crippen molar-refractivity contribution >= 4 is 22.9 Å². The van der Waals surface area contributed by atoms with Crippen molar-refractivity contribution in [2.75, 3.05) is 25.0 Å². The van der Waals surface area contributed by atoms with E-state index in [0.717, 1.165) is 37.0 Å². The van der Waals surface area contributed by atoms with E-state index in [4.69, 9.17) is 9.72 Å². The number of carbonyl (C=O) groups excluding carboxylic acids is 1. The first-order valence-electron chi connectivity index (χ1n) is 10.4. The lowest BCUT2D eigenvalue weighted by atomic mass is 9.89. The van der Waals surface area contributed by atoms with Crippen LogP contribution in [0.25, 0.3) is 11.0 Å². The number of likely N-dealkylation sites (tertiary alicyclic amines) is 1. The molecule has 0 spiro atoms. The Labute approximate surface area is 167 Å². The van der Waals surface area contributed by atoms with Crippen LogP contribution in [0.5, 0.6) is 0 Å². The summed E-state index contributed by atoms with van der Waals surface area (Å²) < 4.78 is 5.18. The van der Waals surface area contributed by atoms with E-state index in [1.807, 2.05) is 25.1 Å². The van der Waals surface area contributed by atoms with E-state index in [2.05, 4.69) is 35.2 Å². The van der Waals surface area contributed by atoms with Crippen LogP contribution >= 0.6 is 0 Å². The third-order valence-electron chi connectivity index (χ3n) is 5.72. The Hall–Kier alpha value is -2.34. The molecule has 2 aromatic heterocycles. The fraction of sp³-hybridized carbons (Fsp3) is 0.545. The van der Waals surface area contributed by atoms with Gasteiger partial charge in [0.05, 0.1) is 17.6 Å². The largest absolute Gasteiger partial charge is 0.449 e. The van der Waals surface area contributed by atoms with Crippen LogP contribution in [-0.2, 0) is 4.74 Å². The van der Waals surface area contributed by atoms with Gasteiger partial charge in [0.2, 0.25) is 0 Å². The summed E-state index contributed by atoms with van der Waals surface area (Å²) >= 11 is 0. The number of fused-ring (bicyclic) bond motifs is 1. The maximum Gasteiger partial charge on any atom is 0.412 e. The molecule has 1 aliphatic rings. The van der Waals surface area contributed by atoms with Crippen LogP contribution in [0, 0.1) is 0 Å². The van der Waals surface area contributed by atoms with Gasteiger partial charge < -0.3 is 14.6 Å². The minimum absolute atomic E-state index is 0.364. The van der Waals surface area contributed by atoms with Gasteiger partial charge in [-0.1, -0.05) is 19.1 Å². The summed E-state index contributed by atoms with van der Waals surface area (Å²) in [6.45, 7) is 9.12. The number of allylic oxidation sites excluding steroid dienone is 1. The number of hydrogen-bond donors (Lipinski definition) is 2. The van der Waals surface area contributed by atoms with Crippen LogP contribution in [0.15, 0.2) is 30.5 Å². The molecule has 6 nitrogen and oxygen atoms in total. The molecule has 28 heavy (non-hydrogen) atoms. The summed E-state index contributed by atoms with van der Waals surface area (Å²) in [6.07, 6.45) is 9.73. The van der Waals surface area contributed by atoms with Crippen LogP contribution in [0.1, 0.15) is 57.9 Å². The van der Waals surface area contributed by atoms with Gasteiger partial charge in [-0.3, -0.25) is 5.32 Å². The molecule has 0 aliphatic carbocycles. The second-order valence-electron chi connectivity index (χ2n) is 7.52. The molecule has 2 aromatic rings. The predicted molar refractivity (Wildman–Crippen MR) is 114 cm³/mol. The summed E-state index contributed by atoms with van der Waals surface area (Å²) in [6, 6.07) is 4.42. The van der Waals surface area contributed by atoms with Crippen LogP contribution in [-0.4, -0.2) is 46.7 Å². The smallest absolute Gasteiger partial charge is 0.412 e. The zero-order valence-corrected chi connectivity index (χ0v) is 17.2. The Bertz CT molecular complexity index is 806. The monoisotopic (exact) mass is 384 g/mol. The number of anilines is 1. The number of nitrogens with zero attached hydrogens (tertiary/aromatic N) is 2. The lowest BCUT2D eigenvalue weighted by Crippen LogP contribution is -2.39. The SMILES string of the molecule is C/C=C/CCOC(=O)Nc1ccc2[nH]cc(C3CCN(C(C)CC)CC3)c2n1. The van der Waals surface area contributed by atoms with Gasteiger partial charge in [-0.15, -0.1) is 0 Å². The van der Waals surface area contributed by atoms with Gasteiger partial charge in [-0.05, 0) is 76.2 Å². The molecule has 1 atom stereocenters. The number of aromatic amines is 1. The van der Waals surface area contributed by atoms with E-state index in [0.29, 0.717) is 30.8 Å². The molecule has 1 aliphatic heterocycles. The number of nitrogens with one attached hydrogen (secondary N) is 2. The fourth-order valence-electron chi connectivity index (χ4n) is 3.84. The number of ether oxygens (including phenoxy) is 1. The maximum absolute atomic E-state index is 12.0. The number of aromatic nitrogens is 2. The van der Waals surface area contributed by atoms with Gasteiger partial charge in [0, 0.05) is 12.2 Å². The standard InChI is InChI=1S/C22H32N4O2/c1-4-6-7-14-28-22(27)25-20-9-8-19-21(24-20)18(15-23-19)17-10-12-26(13-11-17)16(3)5-2/h4,6,8-9,15-17,23H,5,7,10-14H2,1-3H3,(H,24,25,27)/b6-4+. The van der Waals surface area contributed by atoms with Crippen molar-refractivity contribution in [2.45, 2.75) is 58.4 Å². The molecule has 0 bridgehead atoms. The molecule has 2 N–H and O–H groups in total. The first-order valence-corrected chi connectivity index (χ1v) is 10.4. The molecule has 6 heteroatoms. The van der Waals surface area contributed by atoms with Gasteiger partial charge in [-0.25, -0.2) is 9.78 Å². The van der Waals surface area contributed by atoms with Gasteiger partial charge in [0.1, 0.15) is 5.82 Å². The fourth-order valence-corrected chi connectivity index (χ4v) is 3.84. The van der Waals surface area contributed by atoms with Crippen LogP contribution in [0.4, 0.5) is 10.6 Å². The maximum atomic E-state index is 12.0. The molecule has 1 fully saturated rings. The Morgan fingerprint density at radius 3 is 2.93 bits per heavy atom. The number of H-pyrrole nitrogens is 1. The molecule has 1 saturated heterocycles. The Morgan fingerprint density at radius 2 is 2.21 bits per heavy atom. The third kappa shape index (κ3) is 4.93. The van der Waals surface area contributed by atoms with Crippen molar-refractivity contribution in [3.8, 4) is 0 Å². The molecule has 0 saturated carbocycles. The van der Waals surface area contributed by atoms with Crippen molar-refractivity contribution < 1.29 is 9.53 Å². The molecule has 0 aromatic carbocycles. The summed E-state index contributed by atoms with van der Waals surface area (Å²) in [5.74, 6) is 1.03. The lowest BCUT2D eigenvalue weighted by molar-refractivity contribution is 0.158. The topological polar surface area (TPSA) is 70.2 Å². The normalized spacial score (nSPS) is 17.2. The minimum Gasteiger partial charge on any atom is -0.449 e. The quantitative estimate of drug-likeness (QED) is 0.517. The van der Waals surface area contributed by atoms with E-state index < -0.39 is 6.09 Å². The summed E-state index contributed by atoms with van der Waals surface area (Å²) in [4.78, 5) is 22.6. The molecule has 1 amide bonds. The molecule has 152 valence electrons. The summed E-state index contributed by atoms with van der Waals surface area (Å²) in [7, 11) is 0. The number of hydrogen-bond acceptors (Lipinski definition) is 4. The molecule has 3 heterocycles. The van der Waals surface area contributed by atoms with Gasteiger partial charge in [0.15, 0.2) is 0 Å². The van der Waals surface area contributed by atoms with E-state index in [1.54, 1.807) is 6.07 Å². The second kappa shape index (κ2) is 9.73. The number of carbonyl (C=O) groups is 1. The number of rotatable bonds is 7. The molecule has 1 unspecified atom stereocenters. The average Bonchev–Trinajstić information content (AvgIpc) is 3.14. The van der Waals surface area contributed by atoms with Crippen molar-refractivity contribution in [1.82, 2.24) is 14.9 Å². The summed E-state index contributed by atoms with van der Waals surface area (Å²) in [5.41, 5.74) is 3.21. The molecular formula is C22H32N4O2. The molecular weight excluding hydrogens is 352 g/mol. The van der Waals surface area contributed by atoms with E-state index in [1.165, 1.54) is 12.0 Å². The van der Waals surface area contributed by atoms with Crippen molar-refractivity contribution in [2.24, 2.45) is 0 Å². The highest BCUT2D eigenvalue weighted by molar-refractivity contribution is 5.87.